The lowest BCUT2D eigenvalue weighted by atomic mass is 10.2. The molecule has 4 nitrogen and oxygen atoms in total. The van der Waals surface area contributed by atoms with E-state index in [1.54, 1.807) is 53.1 Å². The van der Waals surface area contributed by atoms with Gasteiger partial charge in [0.25, 0.3) is 0 Å². The van der Waals surface area contributed by atoms with E-state index in [1.807, 2.05) is 30.3 Å². The average Bonchev–Trinajstić information content (AvgIpc) is 3.29. The highest BCUT2D eigenvalue weighted by Gasteiger charge is 2.34. The van der Waals surface area contributed by atoms with Crippen molar-refractivity contribution in [1.29, 1.82) is 0 Å². The summed E-state index contributed by atoms with van der Waals surface area (Å²) in [6.45, 7) is 0. The van der Waals surface area contributed by atoms with E-state index in [0.29, 0.717) is 11.6 Å². The van der Waals surface area contributed by atoms with Gasteiger partial charge >= 0.3 is 0 Å². The summed E-state index contributed by atoms with van der Waals surface area (Å²) in [5.41, 5.74) is 1.17. The molecule has 0 bridgehead atoms. The number of thiophene rings is 1. The van der Waals surface area contributed by atoms with Crippen LogP contribution in [0, 0.1) is 0 Å². The Morgan fingerprint density at radius 3 is 2.64 bits per heavy atom. The van der Waals surface area contributed by atoms with Gasteiger partial charge in [0.1, 0.15) is 6.04 Å². The van der Waals surface area contributed by atoms with Gasteiger partial charge in [0.2, 0.25) is 11.8 Å². The number of benzene rings is 1. The second-order valence-electron chi connectivity index (χ2n) is 5.96. The lowest BCUT2D eigenvalue weighted by Gasteiger charge is -2.24. The minimum absolute atomic E-state index is 0.0192. The molecular formula is C19H20N2O2S2. The molecule has 2 aromatic rings. The molecule has 0 N–H and O–H groups in total. The Morgan fingerprint density at radius 1 is 1.16 bits per heavy atom. The molecule has 0 spiro atoms. The van der Waals surface area contributed by atoms with Crippen molar-refractivity contribution in [2.75, 3.05) is 25.7 Å². The standard InChI is InChI=1S/C19H20N2O2S2/c1-20(2)19(23)16-12-24-13-21(16)18(22)11-9-15-8-10-17(25-15)14-6-4-3-5-7-14/h3-11,16H,12-13H2,1-2H3. The van der Waals surface area contributed by atoms with Gasteiger partial charge in [-0.3, -0.25) is 9.59 Å². The second-order valence-corrected chi connectivity index (χ2v) is 8.07. The average molecular weight is 373 g/mol. The van der Waals surface area contributed by atoms with Crippen molar-refractivity contribution in [3.05, 3.63) is 53.4 Å². The summed E-state index contributed by atoms with van der Waals surface area (Å²) in [6.07, 6.45) is 3.40. The Labute approximate surface area is 156 Å². The number of hydrogen-bond donors (Lipinski definition) is 0. The third kappa shape index (κ3) is 4.14. The minimum Gasteiger partial charge on any atom is -0.347 e. The molecule has 2 amide bonds. The number of hydrogen-bond acceptors (Lipinski definition) is 4. The number of carbonyl (C=O) groups is 2. The molecule has 3 rings (SSSR count). The molecule has 2 heterocycles. The molecule has 1 fully saturated rings. The van der Waals surface area contributed by atoms with Crippen molar-refractivity contribution in [1.82, 2.24) is 9.80 Å². The predicted octanol–water partition coefficient (Wildman–Crippen LogP) is 3.42. The number of amides is 2. The molecule has 1 aromatic carbocycles. The van der Waals surface area contributed by atoms with Crippen molar-refractivity contribution in [3.8, 4) is 10.4 Å². The number of carbonyl (C=O) groups excluding carboxylic acids is 2. The molecule has 1 aromatic heterocycles. The van der Waals surface area contributed by atoms with Crippen LogP contribution in [0.2, 0.25) is 0 Å². The molecule has 1 saturated heterocycles. The topological polar surface area (TPSA) is 40.6 Å². The molecule has 1 aliphatic heterocycles. The highest BCUT2D eigenvalue weighted by atomic mass is 32.2. The van der Waals surface area contributed by atoms with Gasteiger partial charge in [0, 0.05) is 35.7 Å². The van der Waals surface area contributed by atoms with E-state index in [4.69, 9.17) is 0 Å². The van der Waals surface area contributed by atoms with Gasteiger partial charge in [0.15, 0.2) is 0 Å². The van der Waals surface area contributed by atoms with E-state index in [0.717, 1.165) is 4.88 Å². The van der Waals surface area contributed by atoms with Crippen LogP contribution in [0.25, 0.3) is 16.5 Å². The number of nitrogens with zero attached hydrogens (tertiary/aromatic N) is 2. The Hall–Kier alpha value is -2.05. The lowest BCUT2D eigenvalue weighted by molar-refractivity contribution is -0.139. The van der Waals surface area contributed by atoms with Crippen LogP contribution in [0.1, 0.15) is 4.88 Å². The molecule has 1 atom stereocenters. The smallest absolute Gasteiger partial charge is 0.247 e. The molecule has 0 aliphatic carbocycles. The lowest BCUT2D eigenvalue weighted by Crippen LogP contribution is -2.46. The zero-order chi connectivity index (χ0) is 17.8. The largest absolute Gasteiger partial charge is 0.347 e. The van der Waals surface area contributed by atoms with Crippen molar-refractivity contribution in [2.45, 2.75) is 6.04 Å². The molecule has 1 aliphatic rings. The first-order valence-electron chi connectivity index (χ1n) is 7.99. The van der Waals surface area contributed by atoms with Gasteiger partial charge in [-0.1, -0.05) is 30.3 Å². The Balaban J connectivity index is 1.69. The van der Waals surface area contributed by atoms with E-state index in [1.165, 1.54) is 10.4 Å². The first-order valence-corrected chi connectivity index (χ1v) is 9.96. The fourth-order valence-electron chi connectivity index (χ4n) is 2.61. The molecular weight excluding hydrogens is 352 g/mol. The zero-order valence-electron chi connectivity index (χ0n) is 14.2. The monoisotopic (exact) mass is 372 g/mol. The van der Waals surface area contributed by atoms with Gasteiger partial charge in [-0.2, -0.15) is 0 Å². The first-order chi connectivity index (χ1) is 12.1. The third-order valence-electron chi connectivity index (χ3n) is 3.97. The van der Waals surface area contributed by atoms with Gasteiger partial charge in [-0.15, -0.1) is 23.1 Å². The predicted molar refractivity (Wildman–Crippen MR) is 105 cm³/mol. The summed E-state index contributed by atoms with van der Waals surface area (Å²) in [5, 5.41) is 0. The van der Waals surface area contributed by atoms with Gasteiger partial charge in [-0.05, 0) is 23.8 Å². The van der Waals surface area contributed by atoms with Crippen LogP contribution >= 0.6 is 23.1 Å². The van der Waals surface area contributed by atoms with Crippen LogP contribution in [0.5, 0.6) is 0 Å². The fourth-order valence-corrected chi connectivity index (χ4v) is 4.68. The van der Waals surface area contributed by atoms with Crippen LogP contribution in [0.3, 0.4) is 0 Å². The Morgan fingerprint density at radius 2 is 1.92 bits per heavy atom. The first kappa shape index (κ1) is 17.8. The van der Waals surface area contributed by atoms with Crippen LogP contribution < -0.4 is 0 Å². The van der Waals surface area contributed by atoms with Crippen molar-refractivity contribution >= 4 is 41.0 Å². The zero-order valence-corrected chi connectivity index (χ0v) is 15.8. The van der Waals surface area contributed by atoms with E-state index in [2.05, 4.69) is 18.2 Å². The maximum absolute atomic E-state index is 12.5. The summed E-state index contributed by atoms with van der Waals surface area (Å²) in [7, 11) is 3.45. The molecule has 0 radical (unpaired) electrons. The summed E-state index contributed by atoms with van der Waals surface area (Å²) in [4.78, 5) is 30.1. The van der Waals surface area contributed by atoms with E-state index in [9.17, 15) is 9.59 Å². The van der Waals surface area contributed by atoms with E-state index >= 15 is 0 Å². The van der Waals surface area contributed by atoms with Crippen molar-refractivity contribution < 1.29 is 9.59 Å². The van der Waals surface area contributed by atoms with Gasteiger partial charge in [-0.25, -0.2) is 0 Å². The van der Waals surface area contributed by atoms with Crippen molar-refractivity contribution in [2.24, 2.45) is 0 Å². The number of thioether (sulfide) groups is 1. The quantitative estimate of drug-likeness (QED) is 0.772. The summed E-state index contributed by atoms with van der Waals surface area (Å²) in [6, 6.07) is 13.9. The summed E-state index contributed by atoms with van der Waals surface area (Å²) >= 11 is 3.26. The van der Waals surface area contributed by atoms with Gasteiger partial charge < -0.3 is 9.80 Å². The maximum atomic E-state index is 12.5. The Kier molecular flexibility index (Phi) is 5.60. The van der Waals surface area contributed by atoms with E-state index in [-0.39, 0.29) is 17.9 Å². The van der Waals surface area contributed by atoms with Crippen LogP contribution in [-0.4, -0.2) is 53.4 Å². The van der Waals surface area contributed by atoms with E-state index < -0.39 is 0 Å². The van der Waals surface area contributed by atoms with Crippen LogP contribution in [0.4, 0.5) is 0 Å². The molecule has 25 heavy (non-hydrogen) atoms. The van der Waals surface area contributed by atoms with Crippen molar-refractivity contribution in [3.63, 3.8) is 0 Å². The van der Waals surface area contributed by atoms with Crippen LogP contribution in [-0.2, 0) is 9.59 Å². The highest BCUT2D eigenvalue weighted by molar-refractivity contribution is 7.99. The van der Waals surface area contributed by atoms with Crippen LogP contribution in [0.15, 0.2) is 48.5 Å². The molecule has 6 heteroatoms. The molecule has 0 saturated carbocycles. The number of rotatable bonds is 4. The second kappa shape index (κ2) is 7.89. The van der Waals surface area contributed by atoms with Gasteiger partial charge in [0.05, 0.1) is 5.88 Å². The molecule has 1 unspecified atom stereocenters. The maximum Gasteiger partial charge on any atom is 0.247 e. The summed E-state index contributed by atoms with van der Waals surface area (Å²) in [5.74, 6) is 1.09. The minimum atomic E-state index is -0.361. The normalized spacial score (nSPS) is 17.2. The highest BCUT2D eigenvalue weighted by Crippen LogP contribution is 2.29. The SMILES string of the molecule is CN(C)C(=O)C1CSCN1C(=O)C=Cc1ccc(-c2ccccc2)s1. The number of likely N-dealkylation sites (N-methyl/N-ethyl adjacent to an activating group) is 1. The fraction of sp³-hybridized carbons (Fsp3) is 0.263. The summed E-state index contributed by atoms with van der Waals surface area (Å²) < 4.78 is 0. The third-order valence-corrected chi connectivity index (χ3v) is 6.08. The Bertz CT molecular complexity index is 784. The molecule has 130 valence electrons.